The number of benzene rings is 2. The fourth-order valence-electron chi connectivity index (χ4n) is 3.73. The Morgan fingerprint density at radius 3 is 2.51 bits per heavy atom. The molecule has 2 aromatic carbocycles. The quantitative estimate of drug-likeness (QED) is 0.312. The second kappa shape index (κ2) is 11.0. The Morgan fingerprint density at radius 1 is 1.11 bits per heavy atom. The molecule has 0 unspecified atom stereocenters. The van der Waals surface area contributed by atoms with Crippen molar-refractivity contribution in [2.24, 2.45) is 0 Å². The van der Waals surface area contributed by atoms with E-state index in [9.17, 15) is 19.7 Å². The maximum absolute atomic E-state index is 12.6. The Bertz CT molecular complexity index is 1190. The zero-order valence-corrected chi connectivity index (χ0v) is 19.5. The van der Waals surface area contributed by atoms with Crippen molar-refractivity contribution in [3.05, 3.63) is 93.4 Å². The number of nitrogens with one attached hydrogen (secondary N) is 2. The van der Waals surface area contributed by atoms with Gasteiger partial charge < -0.3 is 15.1 Å². The normalized spacial score (nSPS) is 13.0. The Kier molecular flexibility index (Phi) is 7.57. The van der Waals surface area contributed by atoms with Gasteiger partial charge in [0.2, 0.25) is 5.91 Å². The lowest BCUT2D eigenvalue weighted by atomic mass is 10.1. The number of nitro benzene ring substituents is 1. The molecule has 9 nitrogen and oxygen atoms in total. The molecule has 0 atom stereocenters. The van der Waals surface area contributed by atoms with Gasteiger partial charge in [-0.1, -0.05) is 12.1 Å². The molecule has 1 aromatic heterocycles. The number of nitro groups is 1. The number of carbonyl (C=O) groups is 2. The lowest BCUT2D eigenvalue weighted by Crippen LogP contribution is -2.27. The fourth-order valence-corrected chi connectivity index (χ4v) is 3.73. The third-order valence-corrected chi connectivity index (χ3v) is 5.84. The molecule has 35 heavy (non-hydrogen) atoms. The lowest BCUT2D eigenvalue weighted by Gasteiger charge is -2.21. The highest BCUT2D eigenvalue weighted by Gasteiger charge is 2.23. The van der Waals surface area contributed by atoms with Crippen LogP contribution in [0.2, 0.25) is 0 Å². The van der Waals surface area contributed by atoms with Crippen LogP contribution in [0, 0.1) is 17.0 Å². The summed E-state index contributed by atoms with van der Waals surface area (Å²) in [6.07, 6.45) is 3.94. The zero-order valence-electron chi connectivity index (χ0n) is 19.5. The Morgan fingerprint density at radius 2 is 1.89 bits per heavy atom. The molecule has 2 N–H and O–H groups in total. The Hall–Kier alpha value is -3.98. The topological polar surface area (TPSA) is 118 Å². The van der Waals surface area contributed by atoms with Crippen LogP contribution in [0.1, 0.15) is 46.5 Å². The molecular weight excluding hydrogens is 448 g/mol. The van der Waals surface area contributed by atoms with E-state index in [1.165, 1.54) is 12.1 Å². The highest BCUT2D eigenvalue weighted by molar-refractivity contribution is 5.94. The predicted molar refractivity (Wildman–Crippen MR) is 131 cm³/mol. The highest BCUT2D eigenvalue weighted by Crippen LogP contribution is 2.22. The summed E-state index contributed by atoms with van der Waals surface area (Å²) in [5.74, 6) is 0.556. The average Bonchev–Trinajstić information content (AvgIpc) is 3.50. The monoisotopic (exact) mass is 476 g/mol. The number of nitrogens with zero attached hydrogens (tertiary/aromatic N) is 2. The second-order valence-corrected chi connectivity index (χ2v) is 8.79. The minimum absolute atomic E-state index is 0.0128. The van der Waals surface area contributed by atoms with Crippen LogP contribution in [0.3, 0.4) is 0 Å². The summed E-state index contributed by atoms with van der Waals surface area (Å²) in [4.78, 5) is 37.4. The van der Waals surface area contributed by atoms with Crippen molar-refractivity contribution in [2.75, 3.05) is 11.9 Å². The summed E-state index contributed by atoms with van der Waals surface area (Å²) in [5.41, 5.74) is 2.83. The number of non-ortho nitro benzene ring substituents is 1. The van der Waals surface area contributed by atoms with Gasteiger partial charge in [0.25, 0.3) is 11.6 Å². The first-order valence-corrected chi connectivity index (χ1v) is 11.6. The van der Waals surface area contributed by atoms with Crippen molar-refractivity contribution < 1.29 is 18.9 Å². The van der Waals surface area contributed by atoms with Crippen LogP contribution >= 0.6 is 0 Å². The molecule has 182 valence electrons. The summed E-state index contributed by atoms with van der Waals surface area (Å²) in [6.45, 7) is 3.30. The molecule has 1 heterocycles. The molecule has 1 fully saturated rings. The SMILES string of the molecule is Cc1cc([N+](=O)[O-])ccc1NC(=O)CCN(Cc1ccc(C(=O)NC2CC2)cc1)Cc1ccco1. The van der Waals surface area contributed by atoms with Gasteiger partial charge >= 0.3 is 0 Å². The predicted octanol–water partition coefficient (Wildman–Crippen LogP) is 4.42. The first kappa shape index (κ1) is 24.2. The van der Waals surface area contributed by atoms with Crippen molar-refractivity contribution in [1.29, 1.82) is 0 Å². The van der Waals surface area contributed by atoms with E-state index in [1.54, 1.807) is 19.3 Å². The van der Waals surface area contributed by atoms with Gasteiger partial charge in [0.05, 0.1) is 17.7 Å². The minimum atomic E-state index is -0.461. The molecule has 0 spiro atoms. The van der Waals surface area contributed by atoms with Crippen LogP contribution in [0.25, 0.3) is 0 Å². The molecule has 1 aliphatic rings. The number of amides is 2. The van der Waals surface area contributed by atoms with Crippen molar-refractivity contribution in [2.45, 2.75) is 45.3 Å². The maximum Gasteiger partial charge on any atom is 0.269 e. The maximum atomic E-state index is 12.6. The second-order valence-electron chi connectivity index (χ2n) is 8.79. The first-order chi connectivity index (χ1) is 16.9. The summed E-state index contributed by atoms with van der Waals surface area (Å²) in [6, 6.07) is 15.9. The van der Waals surface area contributed by atoms with E-state index in [0.29, 0.717) is 42.5 Å². The molecule has 0 bridgehead atoms. The molecule has 1 saturated carbocycles. The molecule has 0 saturated heterocycles. The smallest absolute Gasteiger partial charge is 0.269 e. The number of carbonyl (C=O) groups excluding carboxylic acids is 2. The first-order valence-electron chi connectivity index (χ1n) is 11.6. The molecule has 2 amide bonds. The van der Waals surface area contributed by atoms with E-state index in [-0.39, 0.29) is 23.9 Å². The summed E-state index contributed by atoms with van der Waals surface area (Å²) >= 11 is 0. The van der Waals surface area contributed by atoms with Gasteiger partial charge in [-0.25, -0.2) is 0 Å². The Balaban J connectivity index is 1.36. The van der Waals surface area contributed by atoms with E-state index in [0.717, 1.165) is 24.2 Å². The van der Waals surface area contributed by atoms with Gasteiger partial charge in [0, 0.05) is 48.9 Å². The van der Waals surface area contributed by atoms with E-state index < -0.39 is 4.92 Å². The molecule has 0 radical (unpaired) electrons. The van der Waals surface area contributed by atoms with E-state index in [1.807, 2.05) is 36.4 Å². The van der Waals surface area contributed by atoms with E-state index >= 15 is 0 Å². The van der Waals surface area contributed by atoms with Crippen molar-refractivity contribution in [3.63, 3.8) is 0 Å². The van der Waals surface area contributed by atoms with Crippen LogP contribution in [0.15, 0.2) is 65.3 Å². The average molecular weight is 477 g/mol. The van der Waals surface area contributed by atoms with E-state index in [4.69, 9.17) is 4.42 Å². The summed E-state index contributed by atoms with van der Waals surface area (Å²) in [7, 11) is 0. The highest BCUT2D eigenvalue weighted by atomic mass is 16.6. The van der Waals surface area contributed by atoms with Gasteiger partial charge in [-0.2, -0.15) is 0 Å². The van der Waals surface area contributed by atoms with Crippen LogP contribution in [0.4, 0.5) is 11.4 Å². The molecular formula is C26H28N4O5. The van der Waals surface area contributed by atoms with Crippen LogP contribution in [-0.2, 0) is 17.9 Å². The van der Waals surface area contributed by atoms with Gasteiger partial charge in [-0.05, 0) is 61.2 Å². The number of hydrogen-bond donors (Lipinski definition) is 2. The third-order valence-electron chi connectivity index (χ3n) is 5.84. The van der Waals surface area contributed by atoms with Crippen LogP contribution in [0.5, 0.6) is 0 Å². The number of aryl methyl sites for hydroxylation is 1. The molecule has 1 aliphatic carbocycles. The number of hydrogen-bond acceptors (Lipinski definition) is 6. The van der Waals surface area contributed by atoms with Gasteiger partial charge in [0.15, 0.2) is 0 Å². The van der Waals surface area contributed by atoms with Gasteiger partial charge in [0.1, 0.15) is 5.76 Å². The summed E-state index contributed by atoms with van der Waals surface area (Å²) < 4.78 is 5.49. The molecule has 0 aliphatic heterocycles. The molecule has 3 aromatic rings. The number of rotatable bonds is 11. The lowest BCUT2D eigenvalue weighted by molar-refractivity contribution is -0.384. The summed E-state index contributed by atoms with van der Waals surface area (Å²) in [5, 5.41) is 16.8. The molecule has 9 heteroatoms. The van der Waals surface area contributed by atoms with Crippen molar-refractivity contribution in [1.82, 2.24) is 10.2 Å². The van der Waals surface area contributed by atoms with Gasteiger partial charge in [-0.3, -0.25) is 24.6 Å². The third kappa shape index (κ3) is 7.00. The number of anilines is 1. The van der Waals surface area contributed by atoms with Crippen molar-refractivity contribution in [3.8, 4) is 0 Å². The standard InChI is InChI=1S/C26H28N4O5/c1-18-15-22(30(33)34)10-11-24(18)28-25(31)12-13-29(17-23-3-2-14-35-23)16-19-4-6-20(7-5-19)26(32)27-21-8-9-21/h2-7,10-11,14-15,21H,8-9,12-13,16-17H2,1H3,(H,27,32)(H,28,31). The van der Waals surface area contributed by atoms with Crippen LogP contribution < -0.4 is 10.6 Å². The fraction of sp³-hybridized carbons (Fsp3) is 0.308. The van der Waals surface area contributed by atoms with Gasteiger partial charge in [-0.15, -0.1) is 0 Å². The van der Waals surface area contributed by atoms with Crippen molar-refractivity contribution >= 4 is 23.2 Å². The zero-order chi connectivity index (χ0) is 24.8. The largest absolute Gasteiger partial charge is 0.468 e. The van der Waals surface area contributed by atoms with E-state index in [2.05, 4.69) is 15.5 Å². The Labute approximate surface area is 203 Å². The minimum Gasteiger partial charge on any atom is -0.468 e. The molecule has 4 rings (SSSR count). The number of furan rings is 1. The van der Waals surface area contributed by atoms with Crippen LogP contribution in [-0.4, -0.2) is 34.2 Å².